The van der Waals surface area contributed by atoms with Crippen molar-refractivity contribution >= 4 is 5.82 Å². The van der Waals surface area contributed by atoms with Crippen molar-refractivity contribution in [1.82, 2.24) is 15.3 Å². The fourth-order valence-electron chi connectivity index (χ4n) is 2.70. The second-order valence-electron chi connectivity index (χ2n) is 6.42. The molecular formula is C18H24N4. The molecule has 4 nitrogen and oxygen atoms in total. The summed E-state index contributed by atoms with van der Waals surface area (Å²) in [5.41, 5.74) is 2.41. The van der Waals surface area contributed by atoms with Crippen molar-refractivity contribution in [3.05, 3.63) is 42.1 Å². The van der Waals surface area contributed by atoms with Crippen molar-refractivity contribution < 1.29 is 0 Å². The zero-order chi connectivity index (χ0) is 15.5. The SMILES string of the molecule is CC(C)c1cccc(-c2nccc(N(C)CC3CNC3)n2)c1. The molecule has 3 rings (SSSR count). The Bertz CT molecular complexity index is 634. The number of benzene rings is 1. The van der Waals surface area contributed by atoms with Crippen LogP contribution in [0, 0.1) is 5.92 Å². The molecule has 1 aromatic heterocycles. The van der Waals surface area contributed by atoms with Crippen LogP contribution in [-0.2, 0) is 0 Å². The third kappa shape index (κ3) is 3.28. The molecule has 2 aromatic rings. The third-order valence-electron chi connectivity index (χ3n) is 4.24. The van der Waals surface area contributed by atoms with Gasteiger partial charge < -0.3 is 10.2 Å². The summed E-state index contributed by atoms with van der Waals surface area (Å²) in [6, 6.07) is 10.5. The lowest BCUT2D eigenvalue weighted by Gasteiger charge is -2.31. The van der Waals surface area contributed by atoms with Crippen molar-refractivity contribution in [2.75, 3.05) is 31.6 Å². The minimum absolute atomic E-state index is 0.511. The van der Waals surface area contributed by atoms with Crippen LogP contribution in [-0.4, -0.2) is 36.6 Å². The number of nitrogens with one attached hydrogen (secondary N) is 1. The van der Waals surface area contributed by atoms with Crippen molar-refractivity contribution in [3.8, 4) is 11.4 Å². The van der Waals surface area contributed by atoms with Gasteiger partial charge in [0, 0.05) is 44.4 Å². The Morgan fingerprint density at radius 3 is 2.77 bits per heavy atom. The first-order valence-corrected chi connectivity index (χ1v) is 7.98. The van der Waals surface area contributed by atoms with Gasteiger partial charge in [-0.3, -0.25) is 0 Å². The fourth-order valence-corrected chi connectivity index (χ4v) is 2.70. The van der Waals surface area contributed by atoms with E-state index in [0.717, 1.165) is 42.8 Å². The average Bonchev–Trinajstić information content (AvgIpc) is 2.51. The van der Waals surface area contributed by atoms with Crippen LogP contribution in [0.4, 0.5) is 5.82 Å². The van der Waals surface area contributed by atoms with E-state index in [-0.39, 0.29) is 0 Å². The molecule has 4 heteroatoms. The zero-order valence-corrected chi connectivity index (χ0v) is 13.6. The van der Waals surface area contributed by atoms with Crippen LogP contribution in [0.5, 0.6) is 0 Å². The van der Waals surface area contributed by atoms with Gasteiger partial charge in [-0.25, -0.2) is 9.97 Å². The Hall–Kier alpha value is -1.94. The molecule has 0 bridgehead atoms. The van der Waals surface area contributed by atoms with Crippen LogP contribution in [0.25, 0.3) is 11.4 Å². The predicted octanol–water partition coefficient (Wildman–Crippen LogP) is 2.92. The van der Waals surface area contributed by atoms with Crippen LogP contribution in [0.2, 0.25) is 0 Å². The lowest BCUT2D eigenvalue weighted by atomic mass is 10.0. The molecule has 1 saturated heterocycles. The van der Waals surface area contributed by atoms with E-state index in [0.29, 0.717) is 5.92 Å². The van der Waals surface area contributed by atoms with E-state index in [1.54, 1.807) is 0 Å². The van der Waals surface area contributed by atoms with Crippen LogP contribution in [0.15, 0.2) is 36.5 Å². The standard InChI is InChI=1S/C18H24N4/c1-13(2)15-5-4-6-16(9-15)18-20-8-7-17(21-18)22(3)12-14-10-19-11-14/h4-9,13-14,19H,10-12H2,1-3H3. The number of hydrogen-bond donors (Lipinski definition) is 1. The van der Waals surface area contributed by atoms with Gasteiger partial charge >= 0.3 is 0 Å². The molecule has 0 saturated carbocycles. The second kappa shape index (κ2) is 6.44. The largest absolute Gasteiger partial charge is 0.359 e. The smallest absolute Gasteiger partial charge is 0.161 e. The summed E-state index contributed by atoms with van der Waals surface area (Å²) in [4.78, 5) is 11.4. The highest BCUT2D eigenvalue weighted by Gasteiger charge is 2.19. The van der Waals surface area contributed by atoms with Gasteiger partial charge in [0.2, 0.25) is 0 Å². The Morgan fingerprint density at radius 1 is 1.27 bits per heavy atom. The Labute approximate surface area is 132 Å². The summed E-state index contributed by atoms with van der Waals surface area (Å²) < 4.78 is 0. The highest BCUT2D eigenvalue weighted by molar-refractivity contribution is 5.58. The molecule has 116 valence electrons. The molecule has 1 N–H and O–H groups in total. The molecule has 22 heavy (non-hydrogen) atoms. The van der Waals surface area contributed by atoms with E-state index in [4.69, 9.17) is 4.98 Å². The zero-order valence-electron chi connectivity index (χ0n) is 13.6. The minimum Gasteiger partial charge on any atom is -0.359 e. The van der Waals surface area contributed by atoms with Crippen LogP contribution >= 0.6 is 0 Å². The van der Waals surface area contributed by atoms with E-state index in [1.165, 1.54) is 5.56 Å². The van der Waals surface area contributed by atoms with Crippen LogP contribution in [0.3, 0.4) is 0 Å². The first kappa shape index (κ1) is 15.0. The van der Waals surface area contributed by atoms with Crippen molar-refractivity contribution in [3.63, 3.8) is 0 Å². The first-order valence-electron chi connectivity index (χ1n) is 7.98. The molecule has 0 radical (unpaired) electrons. The van der Waals surface area contributed by atoms with E-state index >= 15 is 0 Å². The molecule has 1 aromatic carbocycles. The Morgan fingerprint density at radius 2 is 2.09 bits per heavy atom. The lowest BCUT2D eigenvalue weighted by molar-refractivity contribution is 0.352. The first-order chi connectivity index (χ1) is 10.6. The molecule has 0 amide bonds. The van der Waals surface area contributed by atoms with E-state index in [1.807, 2.05) is 12.3 Å². The Kier molecular flexibility index (Phi) is 4.39. The molecule has 0 aliphatic carbocycles. The van der Waals surface area contributed by atoms with Crippen LogP contribution in [0.1, 0.15) is 25.3 Å². The molecule has 1 fully saturated rings. The van der Waals surface area contributed by atoms with Gasteiger partial charge in [-0.2, -0.15) is 0 Å². The lowest BCUT2D eigenvalue weighted by Crippen LogP contribution is -2.47. The minimum atomic E-state index is 0.511. The highest BCUT2D eigenvalue weighted by Crippen LogP contribution is 2.23. The number of nitrogens with zero attached hydrogens (tertiary/aromatic N) is 3. The van der Waals surface area contributed by atoms with Gasteiger partial charge in [-0.15, -0.1) is 0 Å². The second-order valence-corrected chi connectivity index (χ2v) is 6.42. The normalized spacial score (nSPS) is 14.9. The summed E-state index contributed by atoms with van der Waals surface area (Å²) in [5, 5.41) is 3.31. The summed E-state index contributed by atoms with van der Waals surface area (Å²) in [7, 11) is 2.11. The van der Waals surface area contributed by atoms with E-state index in [2.05, 4.69) is 60.4 Å². The summed E-state index contributed by atoms with van der Waals surface area (Å²) in [6.45, 7) is 7.67. The summed E-state index contributed by atoms with van der Waals surface area (Å²) >= 11 is 0. The van der Waals surface area contributed by atoms with Gasteiger partial charge in [0.1, 0.15) is 5.82 Å². The molecular weight excluding hydrogens is 272 g/mol. The number of hydrogen-bond acceptors (Lipinski definition) is 4. The quantitative estimate of drug-likeness (QED) is 0.921. The maximum atomic E-state index is 4.75. The molecule has 2 heterocycles. The van der Waals surface area contributed by atoms with Gasteiger partial charge in [0.15, 0.2) is 5.82 Å². The summed E-state index contributed by atoms with van der Waals surface area (Å²) in [6.07, 6.45) is 1.86. The van der Waals surface area contributed by atoms with Gasteiger partial charge in [-0.05, 0) is 23.6 Å². The molecule has 0 spiro atoms. The highest BCUT2D eigenvalue weighted by atomic mass is 15.2. The Balaban J connectivity index is 1.82. The van der Waals surface area contributed by atoms with Crippen LogP contribution < -0.4 is 10.2 Å². The monoisotopic (exact) mass is 296 g/mol. The molecule has 0 atom stereocenters. The molecule has 1 aliphatic rings. The molecule has 1 aliphatic heterocycles. The average molecular weight is 296 g/mol. The van der Waals surface area contributed by atoms with Gasteiger partial charge in [-0.1, -0.05) is 32.0 Å². The summed E-state index contributed by atoms with van der Waals surface area (Å²) in [5.74, 6) is 3.04. The van der Waals surface area contributed by atoms with Crippen molar-refractivity contribution in [2.45, 2.75) is 19.8 Å². The van der Waals surface area contributed by atoms with E-state index < -0.39 is 0 Å². The number of aromatic nitrogens is 2. The van der Waals surface area contributed by atoms with E-state index in [9.17, 15) is 0 Å². The van der Waals surface area contributed by atoms with Crippen molar-refractivity contribution in [1.29, 1.82) is 0 Å². The molecule has 0 unspecified atom stereocenters. The van der Waals surface area contributed by atoms with Gasteiger partial charge in [0.25, 0.3) is 0 Å². The topological polar surface area (TPSA) is 41.1 Å². The number of anilines is 1. The van der Waals surface area contributed by atoms with Gasteiger partial charge in [0.05, 0.1) is 0 Å². The third-order valence-corrected chi connectivity index (χ3v) is 4.24. The maximum Gasteiger partial charge on any atom is 0.161 e. The fraction of sp³-hybridized carbons (Fsp3) is 0.444. The van der Waals surface area contributed by atoms with Crippen molar-refractivity contribution in [2.24, 2.45) is 5.92 Å². The maximum absolute atomic E-state index is 4.75. The number of rotatable bonds is 5. The predicted molar refractivity (Wildman–Crippen MR) is 91.2 cm³/mol.